The van der Waals surface area contributed by atoms with Gasteiger partial charge in [-0.3, -0.25) is 0 Å². The van der Waals surface area contributed by atoms with Gasteiger partial charge >= 0.3 is 0 Å². The van der Waals surface area contributed by atoms with Gasteiger partial charge in [0.2, 0.25) is 0 Å². The lowest BCUT2D eigenvalue weighted by Gasteiger charge is -2.32. The van der Waals surface area contributed by atoms with Crippen molar-refractivity contribution in [1.29, 1.82) is 0 Å². The molecule has 2 rings (SSSR count). The first-order valence-corrected chi connectivity index (χ1v) is 6.12. The van der Waals surface area contributed by atoms with E-state index in [2.05, 4.69) is 22.9 Å². The molecule has 0 unspecified atom stereocenters. The molecular weight excluding hydrogens is 254 g/mol. The molecule has 2 N–H and O–H groups in total. The van der Waals surface area contributed by atoms with Crippen molar-refractivity contribution in [3.63, 3.8) is 0 Å². The molecule has 0 atom stereocenters. The van der Waals surface area contributed by atoms with E-state index in [4.69, 9.17) is 10.5 Å². The minimum Gasteiger partial charge on any atom is -0.493 e. The molecule has 1 fully saturated rings. The number of hydrogen-bond donors (Lipinski definition) is 1. The molecule has 2 nitrogen and oxygen atoms in total. The van der Waals surface area contributed by atoms with Crippen LogP contribution >= 0.6 is 15.9 Å². The Bertz CT molecular complexity index is 347. The second-order valence-corrected chi connectivity index (χ2v) is 5.29. The normalized spacial score (nSPS) is 24.7. The zero-order valence-electron chi connectivity index (χ0n) is 8.87. The molecule has 0 aromatic heterocycles. The second-order valence-electron chi connectivity index (χ2n) is 4.44. The number of rotatable bonds is 3. The van der Waals surface area contributed by atoms with Gasteiger partial charge in [0.05, 0.1) is 6.61 Å². The highest BCUT2D eigenvalue weighted by atomic mass is 79.9. The third-order valence-electron chi connectivity index (χ3n) is 2.93. The van der Waals surface area contributed by atoms with Crippen molar-refractivity contribution in [2.24, 2.45) is 11.8 Å². The van der Waals surface area contributed by atoms with Crippen LogP contribution in [0.15, 0.2) is 22.7 Å². The van der Waals surface area contributed by atoms with Crippen LogP contribution in [0.5, 0.6) is 5.75 Å². The van der Waals surface area contributed by atoms with E-state index in [-0.39, 0.29) is 0 Å². The third kappa shape index (κ3) is 2.65. The fourth-order valence-electron chi connectivity index (χ4n) is 2.02. The monoisotopic (exact) mass is 269 g/mol. The first-order chi connectivity index (χ1) is 7.15. The van der Waals surface area contributed by atoms with Gasteiger partial charge in [0.25, 0.3) is 0 Å². The lowest BCUT2D eigenvalue weighted by atomic mass is 9.77. The molecule has 1 aromatic rings. The lowest BCUT2D eigenvalue weighted by Crippen LogP contribution is -2.26. The van der Waals surface area contributed by atoms with Crippen LogP contribution in [0.4, 0.5) is 5.69 Å². The number of nitrogen functional groups attached to an aromatic ring is 1. The van der Waals surface area contributed by atoms with E-state index in [1.807, 2.05) is 18.2 Å². The molecule has 1 aromatic carbocycles. The molecule has 1 aliphatic rings. The number of anilines is 1. The Balaban J connectivity index is 1.86. The standard InChI is InChI=1S/C12H16BrNO/c1-8-4-9(5-8)7-15-10-2-3-12(14)11(13)6-10/h2-3,6,8-9H,4-5,7,14H2,1H3. The number of halogens is 1. The van der Waals surface area contributed by atoms with Crippen molar-refractivity contribution in [2.45, 2.75) is 19.8 Å². The zero-order valence-corrected chi connectivity index (χ0v) is 10.5. The molecule has 0 amide bonds. The van der Waals surface area contributed by atoms with Crippen LogP contribution in [-0.4, -0.2) is 6.61 Å². The summed E-state index contributed by atoms with van der Waals surface area (Å²) < 4.78 is 6.61. The fraction of sp³-hybridized carbons (Fsp3) is 0.500. The summed E-state index contributed by atoms with van der Waals surface area (Å²) in [6, 6.07) is 5.71. The average Bonchev–Trinajstić information content (AvgIpc) is 2.16. The van der Waals surface area contributed by atoms with Gasteiger partial charge in [-0.2, -0.15) is 0 Å². The Morgan fingerprint density at radius 3 is 2.80 bits per heavy atom. The van der Waals surface area contributed by atoms with Crippen LogP contribution in [0.25, 0.3) is 0 Å². The molecule has 0 radical (unpaired) electrons. The van der Waals surface area contributed by atoms with Crippen LogP contribution in [0.2, 0.25) is 0 Å². The van der Waals surface area contributed by atoms with Gasteiger partial charge in [-0.25, -0.2) is 0 Å². The van der Waals surface area contributed by atoms with E-state index in [0.717, 1.165) is 34.4 Å². The highest BCUT2D eigenvalue weighted by Gasteiger charge is 2.25. The average molecular weight is 270 g/mol. The Hall–Kier alpha value is -0.700. The molecule has 82 valence electrons. The molecule has 0 saturated heterocycles. The van der Waals surface area contributed by atoms with Crippen molar-refractivity contribution >= 4 is 21.6 Å². The van der Waals surface area contributed by atoms with Gasteiger partial charge in [-0.05, 0) is 58.8 Å². The molecule has 0 aliphatic heterocycles. The van der Waals surface area contributed by atoms with Gasteiger partial charge < -0.3 is 10.5 Å². The van der Waals surface area contributed by atoms with E-state index in [0.29, 0.717) is 0 Å². The van der Waals surface area contributed by atoms with Crippen molar-refractivity contribution < 1.29 is 4.74 Å². The summed E-state index contributed by atoms with van der Waals surface area (Å²) in [6.07, 6.45) is 2.60. The SMILES string of the molecule is CC1CC(COc2ccc(N)c(Br)c2)C1. The Morgan fingerprint density at radius 2 is 2.20 bits per heavy atom. The maximum absolute atomic E-state index is 5.71. The molecule has 15 heavy (non-hydrogen) atoms. The summed E-state index contributed by atoms with van der Waals surface area (Å²) in [6.45, 7) is 3.12. The van der Waals surface area contributed by atoms with Gasteiger partial charge in [-0.1, -0.05) is 6.92 Å². The van der Waals surface area contributed by atoms with Crippen LogP contribution in [-0.2, 0) is 0 Å². The van der Waals surface area contributed by atoms with E-state index in [1.54, 1.807) is 0 Å². The van der Waals surface area contributed by atoms with Crippen LogP contribution in [0, 0.1) is 11.8 Å². The number of ether oxygens (including phenoxy) is 1. The summed E-state index contributed by atoms with van der Waals surface area (Å²) in [4.78, 5) is 0. The quantitative estimate of drug-likeness (QED) is 0.854. The zero-order chi connectivity index (χ0) is 10.8. The van der Waals surface area contributed by atoms with Gasteiger partial charge in [0.1, 0.15) is 5.75 Å². The molecule has 0 bridgehead atoms. The predicted octanol–water partition coefficient (Wildman–Crippen LogP) is 3.46. The fourth-order valence-corrected chi connectivity index (χ4v) is 2.37. The Labute approximate surface area is 98.9 Å². The van der Waals surface area contributed by atoms with E-state index in [1.165, 1.54) is 12.8 Å². The summed E-state index contributed by atoms with van der Waals surface area (Å²) in [7, 11) is 0. The van der Waals surface area contributed by atoms with Gasteiger partial charge in [0, 0.05) is 10.2 Å². The summed E-state index contributed by atoms with van der Waals surface area (Å²) >= 11 is 3.39. The highest BCUT2D eigenvalue weighted by molar-refractivity contribution is 9.10. The third-order valence-corrected chi connectivity index (χ3v) is 3.62. The summed E-state index contributed by atoms with van der Waals surface area (Å²) in [5, 5.41) is 0. The van der Waals surface area contributed by atoms with E-state index in [9.17, 15) is 0 Å². The Kier molecular flexibility index (Phi) is 3.19. The van der Waals surface area contributed by atoms with Crippen molar-refractivity contribution in [1.82, 2.24) is 0 Å². The number of benzene rings is 1. The molecule has 1 saturated carbocycles. The maximum atomic E-state index is 5.71. The molecule has 3 heteroatoms. The minimum absolute atomic E-state index is 0.747. The Morgan fingerprint density at radius 1 is 1.47 bits per heavy atom. The highest BCUT2D eigenvalue weighted by Crippen LogP contribution is 2.33. The minimum atomic E-state index is 0.747. The number of hydrogen-bond acceptors (Lipinski definition) is 2. The van der Waals surface area contributed by atoms with Crippen LogP contribution in [0.1, 0.15) is 19.8 Å². The molecular formula is C12H16BrNO. The van der Waals surface area contributed by atoms with Crippen LogP contribution in [0.3, 0.4) is 0 Å². The smallest absolute Gasteiger partial charge is 0.120 e. The molecule has 0 spiro atoms. The summed E-state index contributed by atoms with van der Waals surface area (Å²) in [5.41, 5.74) is 6.45. The van der Waals surface area contributed by atoms with Crippen molar-refractivity contribution in [3.05, 3.63) is 22.7 Å². The second kappa shape index (κ2) is 4.44. The largest absolute Gasteiger partial charge is 0.493 e. The van der Waals surface area contributed by atoms with Gasteiger partial charge in [-0.15, -0.1) is 0 Å². The molecule has 1 aliphatic carbocycles. The van der Waals surface area contributed by atoms with Crippen LogP contribution < -0.4 is 10.5 Å². The number of nitrogens with two attached hydrogens (primary N) is 1. The lowest BCUT2D eigenvalue weighted by molar-refractivity contribution is 0.131. The van der Waals surface area contributed by atoms with Crippen molar-refractivity contribution in [2.75, 3.05) is 12.3 Å². The topological polar surface area (TPSA) is 35.2 Å². The van der Waals surface area contributed by atoms with E-state index < -0.39 is 0 Å². The summed E-state index contributed by atoms with van der Waals surface area (Å²) in [5.74, 6) is 2.53. The van der Waals surface area contributed by atoms with Gasteiger partial charge in [0.15, 0.2) is 0 Å². The maximum Gasteiger partial charge on any atom is 0.120 e. The van der Waals surface area contributed by atoms with E-state index >= 15 is 0 Å². The molecule has 0 heterocycles. The first-order valence-electron chi connectivity index (χ1n) is 5.33. The van der Waals surface area contributed by atoms with Crippen molar-refractivity contribution in [3.8, 4) is 5.75 Å². The first kappa shape index (κ1) is 10.8. The predicted molar refractivity (Wildman–Crippen MR) is 65.9 cm³/mol.